The van der Waals surface area contributed by atoms with Crippen LogP contribution in [0.15, 0.2) is 29.8 Å². The Bertz CT molecular complexity index is 886. The van der Waals surface area contributed by atoms with Crippen LogP contribution in [0, 0.1) is 11.7 Å². The number of hydrogen-bond acceptors (Lipinski definition) is 6. The van der Waals surface area contributed by atoms with Crippen molar-refractivity contribution in [2.45, 2.75) is 63.6 Å². The first kappa shape index (κ1) is 20.7. The van der Waals surface area contributed by atoms with E-state index in [0.717, 1.165) is 44.1 Å². The molecule has 2 atom stereocenters. The molecule has 1 aliphatic carbocycles. The molecule has 7 heteroatoms. The van der Waals surface area contributed by atoms with Crippen LogP contribution in [0.1, 0.15) is 49.6 Å². The number of nitrogens with zero attached hydrogens (tertiary/aromatic N) is 4. The monoisotopic (exact) mass is 446 g/mol. The van der Waals surface area contributed by atoms with E-state index in [1.807, 2.05) is 29.0 Å². The Labute approximate surface area is 187 Å². The maximum atomic E-state index is 13.9. The lowest BCUT2D eigenvalue weighted by atomic mass is 9.81. The fourth-order valence-electron chi connectivity index (χ4n) is 5.32. The van der Waals surface area contributed by atoms with E-state index in [1.54, 1.807) is 18.2 Å². The fourth-order valence-corrected chi connectivity index (χ4v) is 7.32. The average molecular weight is 447 g/mol. The van der Waals surface area contributed by atoms with Crippen LogP contribution in [0.5, 0.6) is 0 Å². The van der Waals surface area contributed by atoms with Gasteiger partial charge < -0.3 is 0 Å². The summed E-state index contributed by atoms with van der Waals surface area (Å²) in [6, 6.07) is 7.55. The van der Waals surface area contributed by atoms with E-state index < -0.39 is 0 Å². The van der Waals surface area contributed by atoms with Crippen molar-refractivity contribution in [1.82, 2.24) is 14.2 Å². The van der Waals surface area contributed by atoms with Crippen molar-refractivity contribution in [1.29, 1.82) is 0 Å². The lowest BCUT2D eigenvalue weighted by molar-refractivity contribution is 0.101. The van der Waals surface area contributed by atoms with E-state index >= 15 is 0 Å². The highest BCUT2D eigenvalue weighted by Gasteiger charge is 2.49. The Hall–Kier alpha value is -1.15. The van der Waals surface area contributed by atoms with Crippen LogP contribution in [-0.4, -0.2) is 45.9 Å². The van der Waals surface area contributed by atoms with Gasteiger partial charge in [0.05, 0.1) is 22.4 Å². The van der Waals surface area contributed by atoms with E-state index in [0.29, 0.717) is 6.04 Å². The highest BCUT2D eigenvalue weighted by molar-refractivity contribution is 7.98. The molecule has 0 unspecified atom stereocenters. The number of rotatable bonds is 5. The summed E-state index contributed by atoms with van der Waals surface area (Å²) in [7, 11) is 2.15. The van der Waals surface area contributed by atoms with Gasteiger partial charge in [0.25, 0.3) is 0 Å². The first-order chi connectivity index (χ1) is 14.5. The molecule has 4 nitrogen and oxygen atoms in total. The van der Waals surface area contributed by atoms with E-state index in [1.165, 1.54) is 42.3 Å². The SMILES string of the molecule is C[C@H]1C[C@]2(CCN1Cc1scnc1CC1CCC1)CN(C)SN2c1cccc(F)c1. The van der Waals surface area contributed by atoms with Gasteiger partial charge in [0.2, 0.25) is 0 Å². The number of aromatic nitrogens is 1. The van der Waals surface area contributed by atoms with Gasteiger partial charge >= 0.3 is 0 Å². The second kappa shape index (κ2) is 8.41. The molecule has 162 valence electrons. The van der Waals surface area contributed by atoms with Crippen molar-refractivity contribution in [2.75, 3.05) is 24.4 Å². The van der Waals surface area contributed by atoms with Gasteiger partial charge in [-0.3, -0.25) is 9.21 Å². The van der Waals surface area contributed by atoms with E-state index in [-0.39, 0.29) is 11.4 Å². The van der Waals surface area contributed by atoms with Gasteiger partial charge in [-0.2, -0.15) is 0 Å². The molecule has 1 spiro atoms. The zero-order chi connectivity index (χ0) is 20.7. The molecule has 30 heavy (non-hydrogen) atoms. The molecule has 5 rings (SSSR count). The third-order valence-electron chi connectivity index (χ3n) is 7.15. The van der Waals surface area contributed by atoms with Gasteiger partial charge in [0, 0.05) is 42.7 Å². The van der Waals surface area contributed by atoms with Crippen molar-refractivity contribution in [3.05, 3.63) is 46.2 Å². The molecule has 3 aliphatic rings. The summed E-state index contributed by atoms with van der Waals surface area (Å²) >= 11 is 3.56. The molecule has 2 aromatic rings. The number of hydrogen-bond donors (Lipinski definition) is 0. The maximum Gasteiger partial charge on any atom is 0.125 e. The van der Waals surface area contributed by atoms with Crippen molar-refractivity contribution < 1.29 is 4.39 Å². The van der Waals surface area contributed by atoms with Gasteiger partial charge in [0.1, 0.15) is 5.82 Å². The summed E-state index contributed by atoms with van der Waals surface area (Å²) in [6.45, 7) is 5.47. The molecule has 0 amide bonds. The van der Waals surface area contributed by atoms with Crippen molar-refractivity contribution >= 4 is 29.2 Å². The number of likely N-dealkylation sites (N-methyl/N-ethyl adjacent to an activating group) is 1. The summed E-state index contributed by atoms with van der Waals surface area (Å²) in [5, 5.41) is 0. The lowest BCUT2D eigenvalue weighted by Crippen LogP contribution is -2.56. The van der Waals surface area contributed by atoms with Crippen molar-refractivity contribution in [3.63, 3.8) is 0 Å². The van der Waals surface area contributed by atoms with E-state index in [9.17, 15) is 4.39 Å². The Morgan fingerprint density at radius 1 is 1.30 bits per heavy atom. The second-order valence-electron chi connectivity index (χ2n) is 9.36. The van der Waals surface area contributed by atoms with Crippen molar-refractivity contribution in [2.24, 2.45) is 5.92 Å². The minimum absolute atomic E-state index is 0.0611. The highest BCUT2D eigenvalue weighted by Crippen LogP contribution is 2.47. The molecule has 2 saturated heterocycles. The molecule has 1 aromatic carbocycles. The molecule has 0 N–H and O–H groups in total. The Morgan fingerprint density at radius 3 is 2.90 bits per heavy atom. The summed E-state index contributed by atoms with van der Waals surface area (Å²) in [6.07, 6.45) is 7.50. The number of piperidine rings is 1. The minimum Gasteiger partial charge on any atom is -0.296 e. The first-order valence-electron chi connectivity index (χ1n) is 11.1. The maximum absolute atomic E-state index is 13.9. The van der Waals surface area contributed by atoms with Gasteiger partial charge in [-0.15, -0.1) is 11.3 Å². The number of benzene rings is 1. The van der Waals surface area contributed by atoms with Crippen LogP contribution in [0.25, 0.3) is 0 Å². The zero-order valence-electron chi connectivity index (χ0n) is 17.9. The Morgan fingerprint density at radius 2 is 2.17 bits per heavy atom. The van der Waals surface area contributed by atoms with Gasteiger partial charge in [-0.1, -0.05) is 25.3 Å². The molecule has 1 saturated carbocycles. The first-order valence-corrected chi connectivity index (χ1v) is 12.7. The van der Waals surface area contributed by atoms with Gasteiger partial charge in [0.15, 0.2) is 0 Å². The standard InChI is InChI=1S/C23H31FN4S2/c1-17-13-23(15-26(2)30-28(23)20-8-4-7-19(24)12-20)9-10-27(17)14-22-21(25-16-29-22)11-18-5-3-6-18/h4,7-8,12,16-18H,3,5-6,9-11,13-15H2,1-2H3/t17-,23+/m0/s1. The largest absolute Gasteiger partial charge is 0.296 e. The number of thiazole rings is 1. The number of likely N-dealkylation sites (tertiary alicyclic amines) is 1. The predicted octanol–water partition coefficient (Wildman–Crippen LogP) is 5.36. The summed E-state index contributed by atoms with van der Waals surface area (Å²) in [5.41, 5.74) is 4.42. The van der Waals surface area contributed by atoms with Crippen molar-refractivity contribution in [3.8, 4) is 0 Å². The van der Waals surface area contributed by atoms with Gasteiger partial charge in [-0.05, 0) is 57.4 Å². The fraction of sp³-hybridized carbons (Fsp3) is 0.609. The topological polar surface area (TPSA) is 22.6 Å². The predicted molar refractivity (Wildman–Crippen MR) is 124 cm³/mol. The zero-order valence-corrected chi connectivity index (χ0v) is 19.5. The smallest absolute Gasteiger partial charge is 0.125 e. The number of halogens is 1. The lowest BCUT2D eigenvalue weighted by Gasteiger charge is -2.47. The molecule has 3 fully saturated rings. The average Bonchev–Trinajstić information content (AvgIpc) is 3.24. The third-order valence-corrected chi connectivity index (χ3v) is 9.18. The molecular formula is C23H31FN4S2. The Balaban J connectivity index is 1.29. The van der Waals surface area contributed by atoms with Crippen LogP contribution in [0.3, 0.4) is 0 Å². The summed E-state index contributed by atoms with van der Waals surface area (Å²) < 4.78 is 18.6. The summed E-state index contributed by atoms with van der Waals surface area (Å²) in [5.74, 6) is 0.700. The van der Waals surface area contributed by atoms with Crippen LogP contribution in [0.4, 0.5) is 10.1 Å². The number of anilines is 1. The van der Waals surface area contributed by atoms with Crippen LogP contribution < -0.4 is 4.31 Å². The van der Waals surface area contributed by atoms with E-state index in [4.69, 9.17) is 4.98 Å². The molecule has 0 bridgehead atoms. The van der Waals surface area contributed by atoms with Gasteiger partial charge in [-0.25, -0.2) is 13.7 Å². The Kier molecular flexibility index (Phi) is 5.82. The molecular weight excluding hydrogens is 415 g/mol. The highest BCUT2D eigenvalue weighted by atomic mass is 32.2. The summed E-state index contributed by atoms with van der Waals surface area (Å²) in [4.78, 5) is 8.80. The van der Waals surface area contributed by atoms with E-state index in [2.05, 4.69) is 27.5 Å². The molecule has 3 heterocycles. The molecule has 2 aliphatic heterocycles. The minimum atomic E-state index is -0.160. The molecule has 1 aromatic heterocycles. The second-order valence-corrected chi connectivity index (χ2v) is 11.5. The normalized spacial score (nSPS) is 28.4. The molecule has 0 radical (unpaired) electrons. The van der Waals surface area contributed by atoms with Crippen LogP contribution >= 0.6 is 23.5 Å². The third kappa shape index (κ3) is 4.01. The quantitative estimate of drug-likeness (QED) is 0.575. The van der Waals surface area contributed by atoms with Crippen LogP contribution in [-0.2, 0) is 13.0 Å². The van der Waals surface area contributed by atoms with Crippen LogP contribution in [0.2, 0.25) is 0 Å².